The molecule has 1 aromatic carbocycles. The number of carbonyl (C=O) groups excluding carboxylic acids is 1. The third kappa shape index (κ3) is 5.21. The predicted octanol–water partition coefficient (Wildman–Crippen LogP) is 3.19. The third-order valence-electron chi connectivity index (χ3n) is 2.91. The summed E-state index contributed by atoms with van der Waals surface area (Å²) in [5.74, 6) is -0.0491. The maximum Gasteiger partial charge on any atom is 0.221 e. The van der Waals surface area contributed by atoms with E-state index in [1.165, 1.54) is 6.92 Å². The lowest BCUT2D eigenvalue weighted by molar-refractivity contribution is -0.114. The van der Waals surface area contributed by atoms with E-state index in [9.17, 15) is 4.79 Å². The van der Waals surface area contributed by atoms with Gasteiger partial charge in [0, 0.05) is 42.4 Å². The molecular formula is C16H19N3OS. The van der Waals surface area contributed by atoms with Gasteiger partial charge in [-0.15, -0.1) is 0 Å². The smallest absolute Gasteiger partial charge is 0.221 e. The highest BCUT2D eigenvalue weighted by atomic mass is 32.2. The van der Waals surface area contributed by atoms with Crippen molar-refractivity contribution in [2.24, 2.45) is 0 Å². The lowest BCUT2D eigenvalue weighted by atomic mass is 10.2. The minimum Gasteiger partial charge on any atom is -0.326 e. The Kier molecular flexibility index (Phi) is 5.78. The number of carbonyl (C=O) groups is 1. The van der Waals surface area contributed by atoms with Crippen molar-refractivity contribution in [3.8, 4) is 0 Å². The predicted molar refractivity (Wildman–Crippen MR) is 87.3 cm³/mol. The number of aromatic nitrogens is 1. The zero-order chi connectivity index (χ0) is 15.1. The SMILES string of the molecule is CC(=O)Nc1ccc(SNCCc2ccccn2)cc1C. The molecule has 1 amide bonds. The highest BCUT2D eigenvalue weighted by Crippen LogP contribution is 2.22. The maximum atomic E-state index is 11.1. The maximum absolute atomic E-state index is 11.1. The van der Waals surface area contributed by atoms with Crippen molar-refractivity contribution in [2.45, 2.75) is 25.2 Å². The molecule has 0 unspecified atom stereocenters. The Hall–Kier alpha value is -1.85. The van der Waals surface area contributed by atoms with Crippen LogP contribution in [0, 0.1) is 6.92 Å². The average molecular weight is 301 g/mol. The van der Waals surface area contributed by atoms with Crippen LogP contribution in [0.5, 0.6) is 0 Å². The number of nitrogens with one attached hydrogen (secondary N) is 2. The van der Waals surface area contributed by atoms with Crippen molar-refractivity contribution in [2.75, 3.05) is 11.9 Å². The molecule has 1 aromatic heterocycles. The van der Waals surface area contributed by atoms with E-state index in [1.807, 2.05) is 43.5 Å². The second kappa shape index (κ2) is 7.81. The van der Waals surface area contributed by atoms with Gasteiger partial charge in [-0.25, -0.2) is 0 Å². The van der Waals surface area contributed by atoms with Crippen LogP contribution in [0.4, 0.5) is 5.69 Å². The number of anilines is 1. The van der Waals surface area contributed by atoms with E-state index in [2.05, 4.69) is 21.1 Å². The van der Waals surface area contributed by atoms with Crippen LogP contribution in [-0.4, -0.2) is 17.4 Å². The van der Waals surface area contributed by atoms with Gasteiger partial charge in [0.25, 0.3) is 0 Å². The molecule has 21 heavy (non-hydrogen) atoms. The van der Waals surface area contributed by atoms with Crippen LogP contribution < -0.4 is 10.0 Å². The van der Waals surface area contributed by atoms with E-state index < -0.39 is 0 Å². The Balaban J connectivity index is 1.81. The van der Waals surface area contributed by atoms with E-state index in [0.717, 1.165) is 34.8 Å². The highest BCUT2D eigenvalue weighted by molar-refractivity contribution is 7.97. The number of amides is 1. The molecule has 0 aliphatic carbocycles. The normalized spacial score (nSPS) is 10.4. The summed E-state index contributed by atoms with van der Waals surface area (Å²) in [5, 5.41) is 2.81. The molecule has 2 aromatic rings. The highest BCUT2D eigenvalue weighted by Gasteiger charge is 2.02. The first-order valence-corrected chi connectivity index (χ1v) is 7.64. The van der Waals surface area contributed by atoms with Gasteiger partial charge in [-0.1, -0.05) is 6.07 Å². The summed E-state index contributed by atoms with van der Waals surface area (Å²) in [5.41, 5.74) is 3.00. The number of pyridine rings is 1. The summed E-state index contributed by atoms with van der Waals surface area (Å²) < 4.78 is 3.33. The molecule has 5 heteroatoms. The Morgan fingerprint density at radius 3 is 2.81 bits per heavy atom. The first-order chi connectivity index (χ1) is 10.1. The summed E-state index contributed by atoms with van der Waals surface area (Å²) in [6.07, 6.45) is 2.71. The van der Waals surface area contributed by atoms with Gasteiger partial charge in [0.1, 0.15) is 0 Å². The fraction of sp³-hybridized carbons (Fsp3) is 0.250. The van der Waals surface area contributed by atoms with Crippen LogP contribution >= 0.6 is 11.9 Å². The molecule has 0 aliphatic heterocycles. The summed E-state index contributed by atoms with van der Waals surface area (Å²) in [6.45, 7) is 4.36. The fourth-order valence-corrected chi connectivity index (χ4v) is 2.63. The molecule has 0 radical (unpaired) electrons. The summed E-state index contributed by atoms with van der Waals surface area (Å²) >= 11 is 1.59. The number of benzene rings is 1. The molecule has 0 bridgehead atoms. The molecule has 0 saturated heterocycles. The largest absolute Gasteiger partial charge is 0.326 e. The van der Waals surface area contributed by atoms with Gasteiger partial charge in [0.05, 0.1) is 0 Å². The van der Waals surface area contributed by atoms with Gasteiger partial charge in [-0.2, -0.15) is 0 Å². The Morgan fingerprint density at radius 1 is 1.29 bits per heavy atom. The summed E-state index contributed by atoms with van der Waals surface area (Å²) in [6, 6.07) is 11.9. The van der Waals surface area contributed by atoms with Crippen LogP contribution in [0.25, 0.3) is 0 Å². The number of nitrogens with zero attached hydrogens (tertiary/aromatic N) is 1. The third-order valence-corrected chi connectivity index (χ3v) is 3.75. The molecule has 110 valence electrons. The number of aryl methyl sites for hydroxylation is 1. The zero-order valence-electron chi connectivity index (χ0n) is 12.2. The quantitative estimate of drug-likeness (QED) is 0.635. The van der Waals surface area contributed by atoms with Gasteiger partial charge in [-0.3, -0.25) is 14.5 Å². The van der Waals surface area contributed by atoms with Crippen molar-refractivity contribution in [1.29, 1.82) is 0 Å². The van der Waals surface area contributed by atoms with Gasteiger partial charge >= 0.3 is 0 Å². The molecule has 2 N–H and O–H groups in total. The minimum absolute atomic E-state index is 0.0491. The first-order valence-electron chi connectivity index (χ1n) is 6.83. The van der Waals surface area contributed by atoms with Crippen molar-refractivity contribution in [3.05, 3.63) is 53.9 Å². The number of hydrogen-bond donors (Lipinski definition) is 2. The van der Waals surface area contributed by atoms with Crippen molar-refractivity contribution in [3.63, 3.8) is 0 Å². The first kappa shape index (κ1) is 15.5. The summed E-state index contributed by atoms with van der Waals surface area (Å²) in [7, 11) is 0. The molecular weight excluding hydrogens is 282 g/mol. The van der Waals surface area contributed by atoms with Crippen LogP contribution in [0.2, 0.25) is 0 Å². The topological polar surface area (TPSA) is 54.0 Å². The van der Waals surface area contributed by atoms with Crippen molar-refractivity contribution in [1.82, 2.24) is 9.71 Å². The lowest BCUT2D eigenvalue weighted by Crippen LogP contribution is -2.09. The number of rotatable bonds is 6. The standard InChI is InChI=1S/C16H19N3OS/c1-12-11-15(6-7-16(12)19-13(2)20)21-18-10-8-14-5-3-4-9-17-14/h3-7,9,11,18H,8,10H2,1-2H3,(H,19,20). The van der Waals surface area contributed by atoms with Gasteiger partial charge < -0.3 is 5.32 Å². The van der Waals surface area contributed by atoms with Crippen molar-refractivity contribution >= 4 is 23.5 Å². The van der Waals surface area contributed by atoms with Crippen LogP contribution in [0.1, 0.15) is 18.2 Å². The molecule has 0 aliphatic rings. The monoisotopic (exact) mass is 301 g/mol. The molecule has 0 atom stereocenters. The second-order valence-electron chi connectivity index (χ2n) is 4.73. The fourth-order valence-electron chi connectivity index (χ4n) is 1.89. The molecule has 0 spiro atoms. The second-order valence-corrected chi connectivity index (χ2v) is 5.69. The van der Waals surface area contributed by atoms with Gasteiger partial charge in [0.15, 0.2) is 0 Å². The van der Waals surface area contributed by atoms with E-state index in [4.69, 9.17) is 0 Å². The average Bonchev–Trinajstić information content (AvgIpc) is 2.47. The molecule has 1 heterocycles. The molecule has 2 rings (SSSR count). The molecule has 0 saturated carbocycles. The van der Waals surface area contributed by atoms with Gasteiger partial charge in [0.2, 0.25) is 5.91 Å². The van der Waals surface area contributed by atoms with Crippen LogP contribution in [0.3, 0.4) is 0 Å². The van der Waals surface area contributed by atoms with E-state index in [1.54, 1.807) is 11.9 Å². The van der Waals surface area contributed by atoms with E-state index >= 15 is 0 Å². The van der Waals surface area contributed by atoms with Crippen molar-refractivity contribution < 1.29 is 4.79 Å². The molecule has 4 nitrogen and oxygen atoms in total. The number of hydrogen-bond acceptors (Lipinski definition) is 4. The lowest BCUT2D eigenvalue weighted by Gasteiger charge is -2.09. The van der Waals surface area contributed by atoms with Gasteiger partial charge in [-0.05, 0) is 54.8 Å². The minimum atomic E-state index is -0.0491. The Labute approximate surface area is 129 Å². The van der Waals surface area contributed by atoms with Crippen LogP contribution in [-0.2, 0) is 11.2 Å². The molecule has 0 fully saturated rings. The van der Waals surface area contributed by atoms with Crippen LogP contribution in [0.15, 0.2) is 47.5 Å². The van der Waals surface area contributed by atoms with E-state index in [0.29, 0.717) is 0 Å². The Morgan fingerprint density at radius 2 is 2.14 bits per heavy atom. The van der Waals surface area contributed by atoms with E-state index in [-0.39, 0.29) is 5.91 Å². The summed E-state index contributed by atoms with van der Waals surface area (Å²) in [4.78, 5) is 16.5. The zero-order valence-corrected chi connectivity index (χ0v) is 13.0. The Bertz CT molecular complexity index is 602.